The van der Waals surface area contributed by atoms with Gasteiger partial charge >= 0.3 is 0 Å². The number of pyridine rings is 1. The second-order valence-electron chi connectivity index (χ2n) is 4.42. The monoisotopic (exact) mass is 319 g/mol. The summed E-state index contributed by atoms with van der Waals surface area (Å²) in [4.78, 5) is 4.54. The third-order valence-corrected chi connectivity index (χ3v) is 3.25. The van der Waals surface area contributed by atoms with E-state index in [1.165, 1.54) is 5.56 Å². The van der Waals surface area contributed by atoms with E-state index in [0.717, 1.165) is 34.8 Å². The van der Waals surface area contributed by atoms with Crippen LogP contribution in [0, 0.1) is 6.92 Å². The minimum atomic E-state index is 0.853. The van der Waals surface area contributed by atoms with E-state index >= 15 is 0 Å². The Kier molecular flexibility index (Phi) is 4.80. The molecule has 4 heteroatoms. The Morgan fingerprint density at radius 1 is 1.16 bits per heavy atom. The normalized spacial score (nSPS) is 10.3. The zero-order chi connectivity index (χ0) is 13.7. The van der Waals surface area contributed by atoms with Gasteiger partial charge in [-0.3, -0.25) is 0 Å². The van der Waals surface area contributed by atoms with Crippen molar-refractivity contribution in [2.45, 2.75) is 20.3 Å². The van der Waals surface area contributed by atoms with E-state index < -0.39 is 0 Å². The number of hydrogen-bond acceptors (Lipinski definition) is 3. The van der Waals surface area contributed by atoms with Gasteiger partial charge in [0.2, 0.25) is 0 Å². The molecule has 2 rings (SSSR count). The topological polar surface area (TPSA) is 37.0 Å². The molecular formula is C15H18BrN3. The minimum Gasteiger partial charge on any atom is -0.370 e. The fourth-order valence-electron chi connectivity index (χ4n) is 1.76. The van der Waals surface area contributed by atoms with Crippen molar-refractivity contribution >= 4 is 33.3 Å². The predicted octanol–water partition coefficient (Wildman–Crippen LogP) is 4.72. The molecule has 0 fully saturated rings. The fourth-order valence-corrected chi connectivity index (χ4v) is 2.24. The first-order chi connectivity index (χ1) is 9.19. The number of hydrogen-bond donors (Lipinski definition) is 2. The molecule has 0 aliphatic carbocycles. The number of benzene rings is 1. The van der Waals surface area contributed by atoms with Gasteiger partial charge in [-0.1, -0.05) is 28.9 Å². The molecule has 0 aliphatic rings. The zero-order valence-electron chi connectivity index (χ0n) is 11.2. The highest BCUT2D eigenvalue weighted by molar-refractivity contribution is 9.10. The van der Waals surface area contributed by atoms with Crippen molar-refractivity contribution in [2.24, 2.45) is 0 Å². The molecule has 0 aliphatic heterocycles. The summed E-state index contributed by atoms with van der Waals surface area (Å²) in [6.45, 7) is 5.15. The number of nitrogens with zero attached hydrogens (tertiary/aromatic N) is 1. The number of aryl methyl sites for hydroxylation is 1. The van der Waals surface area contributed by atoms with Gasteiger partial charge < -0.3 is 10.6 Å². The van der Waals surface area contributed by atoms with Crippen LogP contribution in [0.1, 0.15) is 18.9 Å². The van der Waals surface area contributed by atoms with Gasteiger partial charge in [-0.05, 0) is 49.2 Å². The van der Waals surface area contributed by atoms with Gasteiger partial charge in [0, 0.05) is 16.7 Å². The summed E-state index contributed by atoms with van der Waals surface area (Å²) in [5.74, 6) is 1.76. The molecule has 0 unspecified atom stereocenters. The first-order valence-corrected chi connectivity index (χ1v) is 7.22. The summed E-state index contributed by atoms with van der Waals surface area (Å²) in [6, 6.07) is 12.1. The molecule has 2 N–H and O–H groups in total. The van der Waals surface area contributed by atoms with Gasteiger partial charge in [0.25, 0.3) is 0 Å². The molecule has 19 heavy (non-hydrogen) atoms. The molecule has 1 heterocycles. The van der Waals surface area contributed by atoms with Crippen molar-refractivity contribution in [1.29, 1.82) is 0 Å². The maximum absolute atomic E-state index is 4.54. The van der Waals surface area contributed by atoms with E-state index in [4.69, 9.17) is 0 Å². The van der Waals surface area contributed by atoms with Gasteiger partial charge in [-0.2, -0.15) is 0 Å². The Morgan fingerprint density at radius 2 is 1.95 bits per heavy atom. The van der Waals surface area contributed by atoms with Crippen LogP contribution < -0.4 is 10.6 Å². The highest BCUT2D eigenvalue weighted by Crippen LogP contribution is 2.23. The van der Waals surface area contributed by atoms with Gasteiger partial charge in [0.05, 0.1) is 0 Å². The van der Waals surface area contributed by atoms with Gasteiger partial charge in [0.1, 0.15) is 11.6 Å². The molecule has 0 atom stereocenters. The van der Waals surface area contributed by atoms with Crippen LogP contribution in [-0.2, 0) is 0 Å². The molecule has 0 radical (unpaired) electrons. The van der Waals surface area contributed by atoms with Crippen LogP contribution in [0.5, 0.6) is 0 Å². The van der Waals surface area contributed by atoms with Crippen molar-refractivity contribution in [2.75, 3.05) is 17.2 Å². The third-order valence-electron chi connectivity index (χ3n) is 2.76. The summed E-state index contributed by atoms with van der Waals surface area (Å²) in [6.07, 6.45) is 1.09. The molecular weight excluding hydrogens is 302 g/mol. The fraction of sp³-hybridized carbons (Fsp3) is 0.267. The molecule has 100 valence electrons. The predicted molar refractivity (Wildman–Crippen MR) is 85.2 cm³/mol. The Balaban J connectivity index is 2.14. The van der Waals surface area contributed by atoms with E-state index in [2.05, 4.69) is 51.5 Å². The van der Waals surface area contributed by atoms with Crippen LogP contribution in [0.4, 0.5) is 17.3 Å². The maximum Gasteiger partial charge on any atom is 0.132 e. The highest BCUT2D eigenvalue weighted by atomic mass is 79.9. The molecule has 3 nitrogen and oxygen atoms in total. The van der Waals surface area contributed by atoms with Gasteiger partial charge in [-0.25, -0.2) is 4.98 Å². The highest BCUT2D eigenvalue weighted by Gasteiger charge is 2.01. The number of rotatable bonds is 5. The van der Waals surface area contributed by atoms with Crippen molar-refractivity contribution < 1.29 is 0 Å². The molecule has 0 bridgehead atoms. The molecule has 1 aromatic heterocycles. The SMILES string of the molecule is CCCNc1cccc(Nc2ccc(Br)cc2C)n1. The number of anilines is 3. The van der Waals surface area contributed by atoms with E-state index in [1.807, 2.05) is 30.3 Å². The first-order valence-electron chi connectivity index (χ1n) is 6.43. The molecule has 0 spiro atoms. The number of nitrogens with one attached hydrogen (secondary N) is 2. The van der Waals surface area contributed by atoms with E-state index in [0.29, 0.717) is 0 Å². The van der Waals surface area contributed by atoms with Crippen molar-refractivity contribution in [1.82, 2.24) is 4.98 Å². The standard InChI is InChI=1S/C15H18BrN3/c1-3-9-17-14-5-4-6-15(19-14)18-13-8-7-12(16)10-11(13)2/h4-8,10H,3,9H2,1-2H3,(H2,17,18,19). The molecule has 0 saturated heterocycles. The second-order valence-corrected chi connectivity index (χ2v) is 5.33. The zero-order valence-corrected chi connectivity index (χ0v) is 12.8. The van der Waals surface area contributed by atoms with Crippen LogP contribution in [0.15, 0.2) is 40.9 Å². The van der Waals surface area contributed by atoms with E-state index in [-0.39, 0.29) is 0 Å². The Bertz CT molecular complexity index is 555. The minimum absolute atomic E-state index is 0.853. The summed E-state index contributed by atoms with van der Waals surface area (Å²) in [5, 5.41) is 6.63. The Labute approximate surface area is 122 Å². The van der Waals surface area contributed by atoms with Crippen LogP contribution in [0.3, 0.4) is 0 Å². The maximum atomic E-state index is 4.54. The lowest BCUT2D eigenvalue weighted by Crippen LogP contribution is -2.03. The first kappa shape index (κ1) is 13.9. The lowest BCUT2D eigenvalue weighted by molar-refractivity contribution is 0.970. The molecule has 1 aromatic carbocycles. The molecule has 2 aromatic rings. The summed E-state index contributed by atoms with van der Waals surface area (Å²) >= 11 is 3.47. The lowest BCUT2D eigenvalue weighted by Gasteiger charge is -2.11. The quantitative estimate of drug-likeness (QED) is 0.837. The average Bonchev–Trinajstić information content (AvgIpc) is 2.40. The van der Waals surface area contributed by atoms with Crippen molar-refractivity contribution in [3.05, 3.63) is 46.4 Å². The van der Waals surface area contributed by atoms with E-state index in [9.17, 15) is 0 Å². The second kappa shape index (κ2) is 6.57. The van der Waals surface area contributed by atoms with E-state index in [1.54, 1.807) is 0 Å². The van der Waals surface area contributed by atoms with Crippen LogP contribution in [0.25, 0.3) is 0 Å². The number of halogens is 1. The average molecular weight is 320 g/mol. The summed E-state index contributed by atoms with van der Waals surface area (Å²) in [5.41, 5.74) is 2.26. The number of aromatic nitrogens is 1. The van der Waals surface area contributed by atoms with Crippen LogP contribution in [0.2, 0.25) is 0 Å². The summed E-state index contributed by atoms with van der Waals surface area (Å²) in [7, 11) is 0. The van der Waals surface area contributed by atoms with Gasteiger partial charge in [0.15, 0.2) is 0 Å². The van der Waals surface area contributed by atoms with Crippen molar-refractivity contribution in [3.8, 4) is 0 Å². The smallest absolute Gasteiger partial charge is 0.132 e. The molecule has 0 amide bonds. The largest absolute Gasteiger partial charge is 0.370 e. The third kappa shape index (κ3) is 3.96. The van der Waals surface area contributed by atoms with Crippen LogP contribution in [-0.4, -0.2) is 11.5 Å². The molecule has 0 saturated carbocycles. The Morgan fingerprint density at radius 3 is 2.68 bits per heavy atom. The lowest BCUT2D eigenvalue weighted by atomic mass is 10.2. The van der Waals surface area contributed by atoms with Gasteiger partial charge in [-0.15, -0.1) is 0 Å². The summed E-state index contributed by atoms with van der Waals surface area (Å²) < 4.78 is 1.09. The van der Waals surface area contributed by atoms with Crippen LogP contribution >= 0.6 is 15.9 Å². The Hall–Kier alpha value is -1.55. The van der Waals surface area contributed by atoms with Crippen molar-refractivity contribution in [3.63, 3.8) is 0 Å².